The van der Waals surface area contributed by atoms with Crippen LogP contribution in [0.2, 0.25) is 0 Å². The number of aromatic nitrogens is 1. The number of carbonyl (C=O) groups excluding carboxylic acids is 1. The minimum atomic E-state index is -0.361. The summed E-state index contributed by atoms with van der Waals surface area (Å²) >= 11 is 0. The van der Waals surface area contributed by atoms with Gasteiger partial charge in [-0.3, -0.25) is 0 Å². The van der Waals surface area contributed by atoms with Crippen LogP contribution in [0, 0.1) is 0 Å². The van der Waals surface area contributed by atoms with E-state index in [0.29, 0.717) is 25.4 Å². The summed E-state index contributed by atoms with van der Waals surface area (Å²) in [6.07, 6.45) is 0. The van der Waals surface area contributed by atoms with Crippen LogP contribution in [-0.2, 0) is 14.2 Å². The lowest BCUT2D eigenvalue weighted by molar-refractivity contribution is 0.0216. The van der Waals surface area contributed by atoms with Crippen LogP contribution in [0.1, 0.15) is 10.4 Å². The average molecular weight is 325 g/mol. The summed E-state index contributed by atoms with van der Waals surface area (Å²) in [6, 6.07) is 15.2. The van der Waals surface area contributed by atoms with E-state index in [1.165, 1.54) is 0 Å². The fraction of sp³-hybridized carbons (Fsp3) is 0.263. The van der Waals surface area contributed by atoms with Gasteiger partial charge in [0.25, 0.3) is 0 Å². The molecule has 0 atom stereocenters. The Morgan fingerprint density at radius 1 is 0.875 bits per heavy atom. The molecule has 24 heavy (non-hydrogen) atoms. The molecule has 0 aliphatic rings. The van der Waals surface area contributed by atoms with Gasteiger partial charge in [-0.05, 0) is 12.1 Å². The van der Waals surface area contributed by atoms with Crippen molar-refractivity contribution in [3.8, 4) is 0 Å². The van der Waals surface area contributed by atoms with E-state index < -0.39 is 0 Å². The molecule has 1 aromatic heterocycles. The summed E-state index contributed by atoms with van der Waals surface area (Å²) in [5.41, 5.74) is 2.10. The number of carbonyl (C=O) groups is 1. The van der Waals surface area contributed by atoms with Crippen LogP contribution < -0.4 is 0 Å². The SMILES string of the molecule is COCCOCCOC(=O)c1c2ccccc2nc2ccccc12. The van der Waals surface area contributed by atoms with Gasteiger partial charge in [0.15, 0.2) is 0 Å². The van der Waals surface area contributed by atoms with Crippen LogP contribution in [-0.4, -0.2) is 44.5 Å². The molecule has 0 aliphatic carbocycles. The topological polar surface area (TPSA) is 57.7 Å². The third-order valence-corrected chi connectivity index (χ3v) is 3.68. The van der Waals surface area contributed by atoms with Crippen LogP contribution in [0.3, 0.4) is 0 Å². The minimum Gasteiger partial charge on any atom is -0.460 e. The molecule has 0 bridgehead atoms. The largest absolute Gasteiger partial charge is 0.460 e. The molecule has 0 saturated heterocycles. The Morgan fingerprint density at radius 3 is 2.08 bits per heavy atom. The second-order valence-electron chi connectivity index (χ2n) is 5.26. The fourth-order valence-electron chi connectivity index (χ4n) is 2.57. The Labute approximate surface area is 140 Å². The number of nitrogens with zero attached hydrogens (tertiary/aromatic N) is 1. The molecule has 0 saturated carbocycles. The highest BCUT2D eigenvalue weighted by atomic mass is 16.6. The lowest BCUT2D eigenvalue weighted by atomic mass is 10.0. The second-order valence-corrected chi connectivity index (χ2v) is 5.26. The highest BCUT2D eigenvalue weighted by molar-refractivity contribution is 6.14. The summed E-state index contributed by atoms with van der Waals surface area (Å²) in [7, 11) is 1.61. The number of rotatable bonds is 7. The number of hydrogen-bond acceptors (Lipinski definition) is 5. The molecule has 0 fully saturated rings. The van der Waals surface area contributed by atoms with Gasteiger partial charge in [0.1, 0.15) is 6.61 Å². The Bertz CT molecular complexity index is 793. The number of fused-ring (bicyclic) bond motifs is 2. The Balaban J connectivity index is 1.84. The highest BCUT2D eigenvalue weighted by Crippen LogP contribution is 2.26. The molecule has 0 N–H and O–H groups in total. The van der Waals surface area contributed by atoms with Crippen molar-refractivity contribution < 1.29 is 19.0 Å². The molecule has 0 amide bonds. The minimum absolute atomic E-state index is 0.202. The maximum atomic E-state index is 12.6. The summed E-state index contributed by atoms with van der Waals surface area (Å²) in [6.45, 7) is 1.55. The quantitative estimate of drug-likeness (QED) is 0.379. The molecular formula is C19H19NO4. The normalized spacial score (nSPS) is 11.0. The van der Waals surface area contributed by atoms with E-state index in [4.69, 9.17) is 14.2 Å². The number of benzene rings is 2. The number of para-hydroxylation sites is 2. The zero-order chi connectivity index (χ0) is 16.8. The van der Waals surface area contributed by atoms with Crippen molar-refractivity contribution in [2.45, 2.75) is 0 Å². The van der Waals surface area contributed by atoms with Gasteiger partial charge < -0.3 is 14.2 Å². The van der Waals surface area contributed by atoms with Gasteiger partial charge >= 0.3 is 5.97 Å². The molecule has 3 rings (SSSR count). The van der Waals surface area contributed by atoms with Crippen LogP contribution >= 0.6 is 0 Å². The van der Waals surface area contributed by atoms with E-state index in [1.807, 2.05) is 48.5 Å². The first-order valence-corrected chi connectivity index (χ1v) is 7.82. The summed E-state index contributed by atoms with van der Waals surface area (Å²) in [5, 5.41) is 1.59. The van der Waals surface area contributed by atoms with Gasteiger partial charge in [0.2, 0.25) is 0 Å². The molecule has 2 aromatic carbocycles. The maximum Gasteiger partial charge on any atom is 0.339 e. The maximum absolute atomic E-state index is 12.6. The summed E-state index contributed by atoms with van der Waals surface area (Å²) in [5.74, 6) is -0.361. The van der Waals surface area contributed by atoms with Gasteiger partial charge in [0, 0.05) is 17.9 Å². The van der Waals surface area contributed by atoms with Crippen molar-refractivity contribution in [1.29, 1.82) is 0 Å². The van der Waals surface area contributed by atoms with E-state index in [-0.39, 0.29) is 12.6 Å². The fourth-order valence-corrected chi connectivity index (χ4v) is 2.57. The molecule has 124 valence electrons. The summed E-state index contributed by atoms with van der Waals surface area (Å²) < 4.78 is 15.6. The molecule has 3 aromatic rings. The first-order valence-electron chi connectivity index (χ1n) is 7.82. The van der Waals surface area contributed by atoms with Crippen molar-refractivity contribution in [3.05, 3.63) is 54.1 Å². The molecule has 0 unspecified atom stereocenters. The van der Waals surface area contributed by atoms with E-state index in [9.17, 15) is 4.79 Å². The highest BCUT2D eigenvalue weighted by Gasteiger charge is 2.16. The zero-order valence-corrected chi connectivity index (χ0v) is 13.5. The predicted molar refractivity (Wildman–Crippen MR) is 92.2 cm³/mol. The lowest BCUT2D eigenvalue weighted by Gasteiger charge is -2.11. The van der Waals surface area contributed by atoms with Gasteiger partial charge in [0.05, 0.1) is 36.4 Å². The van der Waals surface area contributed by atoms with Gasteiger partial charge in [-0.25, -0.2) is 9.78 Å². The third kappa shape index (κ3) is 3.53. The molecule has 0 spiro atoms. The Hall–Kier alpha value is -2.50. The predicted octanol–water partition coefficient (Wildman–Crippen LogP) is 3.21. The average Bonchev–Trinajstić information content (AvgIpc) is 2.62. The van der Waals surface area contributed by atoms with Gasteiger partial charge in [-0.15, -0.1) is 0 Å². The first kappa shape index (κ1) is 16.4. The Kier molecular flexibility index (Phi) is 5.36. The number of hydrogen-bond donors (Lipinski definition) is 0. The van der Waals surface area contributed by atoms with Crippen molar-refractivity contribution in [2.75, 3.05) is 33.5 Å². The van der Waals surface area contributed by atoms with Crippen molar-refractivity contribution in [2.24, 2.45) is 0 Å². The van der Waals surface area contributed by atoms with Gasteiger partial charge in [-0.2, -0.15) is 0 Å². The lowest BCUT2D eigenvalue weighted by Crippen LogP contribution is -2.13. The molecule has 5 heteroatoms. The van der Waals surface area contributed by atoms with Crippen molar-refractivity contribution in [3.63, 3.8) is 0 Å². The molecule has 0 aliphatic heterocycles. The van der Waals surface area contributed by atoms with Crippen molar-refractivity contribution >= 4 is 27.8 Å². The number of methoxy groups -OCH3 is 1. The monoisotopic (exact) mass is 325 g/mol. The van der Waals surface area contributed by atoms with Crippen LogP contribution in [0.5, 0.6) is 0 Å². The molecular weight excluding hydrogens is 306 g/mol. The molecule has 1 heterocycles. The first-order chi connectivity index (χ1) is 11.8. The third-order valence-electron chi connectivity index (χ3n) is 3.68. The smallest absolute Gasteiger partial charge is 0.339 e. The van der Waals surface area contributed by atoms with E-state index in [0.717, 1.165) is 21.8 Å². The van der Waals surface area contributed by atoms with E-state index >= 15 is 0 Å². The van der Waals surface area contributed by atoms with Crippen LogP contribution in [0.4, 0.5) is 0 Å². The Morgan fingerprint density at radius 2 is 1.46 bits per heavy atom. The second kappa shape index (κ2) is 7.86. The number of ether oxygens (including phenoxy) is 3. The zero-order valence-electron chi connectivity index (χ0n) is 13.5. The van der Waals surface area contributed by atoms with Gasteiger partial charge in [-0.1, -0.05) is 36.4 Å². The van der Waals surface area contributed by atoms with E-state index in [1.54, 1.807) is 7.11 Å². The van der Waals surface area contributed by atoms with Crippen LogP contribution in [0.15, 0.2) is 48.5 Å². The number of pyridine rings is 1. The number of esters is 1. The van der Waals surface area contributed by atoms with Crippen LogP contribution in [0.25, 0.3) is 21.8 Å². The standard InChI is InChI=1S/C19H19NO4/c1-22-10-11-23-12-13-24-19(21)18-14-6-2-4-8-16(14)20-17-9-5-3-7-15(17)18/h2-9H,10-13H2,1H3. The van der Waals surface area contributed by atoms with Crippen molar-refractivity contribution in [1.82, 2.24) is 4.98 Å². The van der Waals surface area contributed by atoms with E-state index in [2.05, 4.69) is 4.98 Å². The molecule has 5 nitrogen and oxygen atoms in total. The molecule has 0 radical (unpaired) electrons. The summed E-state index contributed by atoms with van der Waals surface area (Å²) in [4.78, 5) is 17.2.